The lowest BCUT2D eigenvalue weighted by atomic mass is 10.2. The summed E-state index contributed by atoms with van der Waals surface area (Å²) < 4.78 is 0. The van der Waals surface area contributed by atoms with Crippen LogP contribution in [0.15, 0.2) is 29.6 Å². The fraction of sp³-hybridized carbons (Fsp3) is 0.167. The molecule has 2 aromatic rings. The molecule has 4 nitrogen and oxygen atoms in total. The van der Waals surface area contributed by atoms with E-state index in [1.54, 1.807) is 23.5 Å². The maximum absolute atomic E-state index is 10.6. The third-order valence-corrected chi connectivity index (χ3v) is 3.89. The highest BCUT2D eigenvalue weighted by atomic mass is 35.5. The van der Waals surface area contributed by atoms with E-state index in [0.29, 0.717) is 6.54 Å². The lowest BCUT2D eigenvalue weighted by Gasteiger charge is -2.06. The molecule has 0 fully saturated rings. The predicted molar refractivity (Wildman–Crippen MR) is 74.5 cm³/mol. The fourth-order valence-electron chi connectivity index (χ4n) is 1.53. The summed E-state index contributed by atoms with van der Waals surface area (Å²) in [6, 6.07) is 6.70. The first kappa shape index (κ1) is 12.9. The minimum atomic E-state index is -0.491. The molecule has 94 valence electrons. The molecule has 0 amide bonds. The van der Waals surface area contributed by atoms with Gasteiger partial charge < -0.3 is 5.32 Å². The minimum Gasteiger partial charge on any atom is -0.380 e. The van der Waals surface area contributed by atoms with Crippen molar-refractivity contribution in [2.75, 3.05) is 5.32 Å². The first-order valence-electron chi connectivity index (χ1n) is 5.28. The second kappa shape index (κ2) is 5.37. The average molecular weight is 283 g/mol. The van der Waals surface area contributed by atoms with Gasteiger partial charge in [0.25, 0.3) is 5.69 Å². The first-order valence-corrected chi connectivity index (χ1v) is 6.54. The quantitative estimate of drug-likeness (QED) is 0.674. The van der Waals surface area contributed by atoms with Gasteiger partial charge in [0.2, 0.25) is 0 Å². The number of nitrogens with one attached hydrogen (secondary N) is 1. The summed E-state index contributed by atoms with van der Waals surface area (Å²) in [5.41, 5.74) is 1.94. The largest absolute Gasteiger partial charge is 0.380 e. The van der Waals surface area contributed by atoms with E-state index >= 15 is 0 Å². The number of rotatable bonds is 4. The topological polar surface area (TPSA) is 55.2 Å². The number of anilines is 1. The van der Waals surface area contributed by atoms with Crippen LogP contribution in [0.4, 0.5) is 11.4 Å². The van der Waals surface area contributed by atoms with Crippen LogP contribution < -0.4 is 5.32 Å². The lowest BCUT2D eigenvalue weighted by molar-refractivity contribution is -0.384. The molecule has 0 unspecified atom stereocenters. The van der Waals surface area contributed by atoms with Crippen molar-refractivity contribution in [3.63, 3.8) is 0 Å². The van der Waals surface area contributed by atoms with Crippen LogP contribution in [0.25, 0.3) is 0 Å². The fourth-order valence-corrected chi connectivity index (χ4v) is 2.63. The Labute approximate surface area is 113 Å². The number of nitro benzene ring substituents is 1. The minimum absolute atomic E-state index is 0.0745. The SMILES string of the molecule is Cc1ccsc1CNc1ccc([N+](=O)[O-])c(Cl)c1. The van der Waals surface area contributed by atoms with Crippen LogP contribution in [0.5, 0.6) is 0 Å². The van der Waals surface area contributed by atoms with Crippen molar-refractivity contribution in [1.29, 1.82) is 0 Å². The van der Waals surface area contributed by atoms with E-state index in [9.17, 15) is 10.1 Å². The Balaban J connectivity index is 2.09. The molecule has 1 heterocycles. The van der Waals surface area contributed by atoms with E-state index in [2.05, 4.69) is 18.3 Å². The van der Waals surface area contributed by atoms with Crippen LogP contribution in [0, 0.1) is 17.0 Å². The number of halogens is 1. The zero-order valence-electron chi connectivity index (χ0n) is 9.64. The van der Waals surface area contributed by atoms with Gasteiger partial charge in [0.15, 0.2) is 0 Å². The van der Waals surface area contributed by atoms with E-state index in [0.717, 1.165) is 5.69 Å². The van der Waals surface area contributed by atoms with Gasteiger partial charge >= 0.3 is 0 Å². The summed E-state index contributed by atoms with van der Waals surface area (Å²) in [5, 5.41) is 16.0. The second-order valence-corrected chi connectivity index (χ2v) is 5.21. The van der Waals surface area contributed by atoms with E-state index in [1.165, 1.54) is 16.5 Å². The van der Waals surface area contributed by atoms with Crippen molar-refractivity contribution < 1.29 is 4.92 Å². The average Bonchev–Trinajstić information content (AvgIpc) is 2.72. The Bertz CT molecular complexity index is 583. The molecule has 18 heavy (non-hydrogen) atoms. The van der Waals surface area contributed by atoms with Gasteiger partial charge in [0.1, 0.15) is 5.02 Å². The molecule has 1 N–H and O–H groups in total. The summed E-state index contributed by atoms with van der Waals surface area (Å²) in [5.74, 6) is 0. The van der Waals surface area contributed by atoms with Crippen LogP contribution in [0.2, 0.25) is 5.02 Å². The van der Waals surface area contributed by atoms with Gasteiger partial charge in [0.05, 0.1) is 4.92 Å². The lowest BCUT2D eigenvalue weighted by Crippen LogP contribution is -1.99. The van der Waals surface area contributed by atoms with Crippen molar-refractivity contribution in [3.8, 4) is 0 Å². The first-order chi connectivity index (χ1) is 8.58. The highest BCUT2D eigenvalue weighted by molar-refractivity contribution is 7.10. The summed E-state index contributed by atoms with van der Waals surface area (Å²) in [6.45, 7) is 2.74. The molecule has 0 saturated carbocycles. The Morgan fingerprint density at radius 2 is 2.22 bits per heavy atom. The van der Waals surface area contributed by atoms with Gasteiger partial charge in [-0.05, 0) is 36.1 Å². The van der Waals surface area contributed by atoms with Gasteiger partial charge in [-0.25, -0.2) is 0 Å². The summed E-state index contributed by atoms with van der Waals surface area (Å²) in [6.07, 6.45) is 0. The van der Waals surface area contributed by atoms with Crippen LogP contribution >= 0.6 is 22.9 Å². The maximum Gasteiger partial charge on any atom is 0.288 e. The Kier molecular flexibility index (Phi) is 3.84. The normalized spacial score (nSPS) is 10.3. The summed E-state index contributed by atoms with van der Waals surface area (Å²) in [4.78, 5) is 11.4. The zero-order chi connectivity index (χ0) is 13.1. The molecule has 0 atom stereocenters. The Morgan fingerprint density at radius 3 is 2.78 bits per heavy atom. The van der Waals surface area contributed by atoms with Crippen LogP contribution in [-0.4, -0.2) is 4.92 Å². The number of benzene rings is 1. The van der Waals surface area contributed by atoms with Crippen molar-refractivity contribution in [2.45, 2.75) is 13.5 Å². The predicted octanol–water partition coefficient (Wildman–Crippen LogP) is 4.23. The third kappa shape index (κ3) is 2.80. The highest BCUT2D eigenvalue weighted by Gasteiger charge is 2.11. The smallest absolute Gasteiger partial charge is 0.288 e. The number of nitro groups is 1. The molecule has 1 aromatic heterocycles. The molecular weight excluding hydrogens is 272 g/mol. The molecule has 0 bridgehead atoms. The maximum atomic E-state index is 10.6. The number of hydrogen-bond acceptors (Lipinski definition) is 4. The van der Waals surface area contributed by atoms with Crippen molar-refractivity contribution in [1.82, 2.24) is 0 Å². The molecule has 0 radical (unpaired) electrons. The van der Waals surface area contributed by atoms with E-state index in [-0.39, 0.29) is 10.7 Å². The van der Waals surface area contributed by atoms with Gasteiger partial charge in [-0.15, -0.1) is 11.3 Å². The van der Waals surface area contributed by atoms with Crippen LogP contribution in [-0.2, 0) is 6.54 Å². The van der Waals surface area contributed by atoms with Gasteiger partial charge in [0, 0.05) is 23.2 Å². The molecule has 0 spiro atoms. The van der Waals surface area contributed by atoms with Crippen molar-refractivity contribution in [2.24, 2.45) is 0 Å². The van der Waals surface area contributed by atoms with Crippen LogP contribution in [0.3, 0.4) is 0 Å². The van der Waals surface area contributed by atoms with Gasteiger partial charge in [-0.2, -0.15) is 0 Å². The monoisotopic (exact) mass is 282 g/mol. The zero-order valence-corrected chi connectivity index (χ0v) is 11.2. The number of hydrogen-bond donors (Lipinski definition) is 1. The third-order valence-electron chi connectivity index (χ3n) is 2.57. The van der Waals surface area contributed by atoms with Crippen molar-refractivity contribution in [3.05, 3.63) is 55.2 Å². The van der Waals surface area contributed by atoms with Crippen LogP contribution in [0.1, 0.15) is 10.4 Å². The number of nitrogens with zero attached hydrogens (tertiary/aromatic N) is 1. The van der Waals surface area contributed by atoms with Gasteiger partial charge in [-0.1, -0.05) is 11.6 Å². The molecule has 2 rings (SSSR count). The second-order valence-electron chi connectivity index (χ2n) is 3.80. The Morgan fingerprint density at radius 1 is 1.44 bits per heavy atom. The van der Waals surface area contributed by atoms with E-state index in [1.807, 2.05) is 5.38 Å². The number of aryl methyl sites for hydroxylation is 1. The summed E-state index contributed by atoms with van der Waals surface area (Å²) in [7, 11) is 0. The molecule has 1 aromatic carbocycles. The Hall–Kier alpha value is -1.59. The molecule has 0 saturated heterocycles. The number of thiophene rings is 1. The molecule has 0 aliphatic rings. The van der Waals surface area contributed by atoms with E-state index in [4.69, 9.17) is 11.6 Å². The van der Waals surface area contributed by atoms with Crippen molar-refractivity contribution >= 4 is 34.3 Å². The molecule has 0 aliphatic heterocycles. The van der Waals surface area contributed by atoms with E-state index < -0.39 is 4.92 Å². The molecular formula is C12H11ClN2O2S. The molecule has 6 heteroatoms. The molecule has 0 aliphatic carbocycles. The standard InChI is InChI=1S/C12H11ClN2O2S/c1-8-4-5-18-12(8)7-14-9-2-3-11(15(16)17)10(13)6-9/h2-6,14H,7H2,1H3. The highest BCUT2D eigenvalue weighted by Crippen LogP contribution is 2.27. The van der Waals surface area contributed by atoms with Gasteiger partial charge in [-0.3, -0.25) is 10.1 Å². The summed E-state index contributed by atoms with van der Waals surface area (Å²) >= 11 is 7.51.